The van der Waals surface area contributed by atoms with Crippen molar-refractivity contribution in [1.82, 2.24) is 25.4 Å². The number of nitrogens with one attached hydrogen (secondary N) is 3. The third-order valence-electron chi connectivity index (χ3n) is 4.91. The number of fused-ring (bicyclic) bond motifs is 1. The predicted octanol–water partition coefficient (Wildman–Crippen LogP) is 2.39. The molecule has 28 heavy (non-hydrogen) atoms. The number of benzene rings is 1. The van der Waals surface area contributed by atoms with Crippen molar-refractivity contribution in [1.29, 1.82) is 0 Å². The van der Waals surface area contributed by atoms with Crippen molar-refractivity contribution in [3.63, 3.8) is 0 Å². The number of amides is 2. The average molecular weight is 380 g/mol. The highest BCUT2D eigenvalue weighted by Crippen LogP contribution is 2.29. The highest BCUT2D eigenvalue weighted by atomic mass is 16.5. The Kier molecular flexibility index (Phi) is 5.50. The van der Waals surface area contributed by atoms with E-state index in [9.17, 15) is 4.79 Å². The predicted molar refractivity (Wildman–Crippen MR) is 108 cm³/mol. The fourth-order valence-corrected chi connectivity index (χ4v) is 3.41. The lowest BCUT2D eigenvalue weighted by atomic mass is 10.0. The minimum absolute atomic E-state index is 0.196. The van der Waals surface area contributed by atoms with Gasteiger partial charge in [-0.15, -0.1) is 0 Å². The van der Waals surface area contributed by atoms with Gasteiger partial charge in [0.2, 0.25) is 0 Å². The zero-order valence-corrected chi connectivity index (χ0v) is 15.9. The molecule has 3 N–H and O–H groups in total. The number of morpholine rings is 1. The van der Waals surface area contributed by atoms with Crippen molar-refractivity contribution in [2.75, 3.05) is 44.7 Å². The molecule has 0 saturated carbocycles. The van der Waals surface area contributed by atoms with Gasteiger partial charge in [0.15, 0.2) is 5.65 Å². The summed E-state index contributed by atoms with van der Waals surface area (Å²) in [7, 11) is 0. The number of aromatic amines is 1. The second-order valence-corrected chi connectivity index (χ2v) is 6.80. The summed E-state index contributed by atoms with van der Waals surface area (Å²) in [6, 6.07) is 9.57. The van der Waals surface area contributed by atoms with E-state index >= 15 is 0 Å². The van der Waals surface area contributed by atoms with Gasteiger partial charge < -0.3 is 15.4 Å². The first-order valence-electron chi connectivity index (χ1n) is 9.46. The highest BCUT2D eigenvalue weighted by Gasteiger charge is 2.11. The molecule has 2 aromatic heterocycles. The summed E-state index contributed by atoms with van der Waals surface area (Å²) >= 11 is 0. The van der Waals surface area contributed by atoms with Crippen molar-refractivity contribution in [2.24, 2.45) is 0 Å². The van der Waals surface area contributed by atoms with Gasteiger partial charge in [0.25, 0.3) is 0 Å². The normalized spacial score (nSPS) is 14.9. The minimum atomic E-state index is -0.196. The lowest BCUT2D eigenvalue weighted by Crippen LogP contribution is -2.42. The first-order valence-corrected chi connectivity index (χ1v) is 9.46. The first-order chi connectivity index (χ1) is 13.7. The molecule has 3 aromatic rings. The van der Waals surface area contributed by atoms with Crippen LogP contribution in [0.3, 0.4) is 0 Å². The van der Waals surface area contributed by atoms with Gasteiger partial charge in [0, 0.05) is 43.4 Å². The number of hydrogen-bond donors (Lipinski definition) is 3. The van der Waals surface area contributed by atoms with Gasteiger partial charge >= 0.3 is 6.03 Å². The Balaban J connectivity index is 1.35. The minimum Gasteiger partial charge on any atom is -0.379 e. The number of anilines is 1. The zero-order valence-electron chi connectivity index (χ0n) is 15.9. The Labute approximate surface area is 163 Å². The molecule has 4 rings (SSSR count). The zero-order chi connectivity index (χ0) is 19.3. The van der Waals surface area contributed by atoms with Gasteiger partial charge in [-0.05, 0) is 36.2 Å². The topological polar surface area (TPSA) is 95.2 Å². The summed E-state index contributed by atoms with van der Waals surface area (Å²) in [4.78, 5) is 18.7. The van der Waals surface area contributed by atoms with Gasteiger partial charge in [-0.1, -0.05) is 12.1 Å². The number of urea groups is 1. The van der Waals surface area contributed by atoms with E-state index in [0.29, 0.717) is 6.54 Å². The molecule has 1 aliphatic rings. The van der Waals surface area contributed by atoms with Crippen LogP contribution in [0.15, 0.2) is 36.5 Å². The molecule has 1 saturated heterocycles. The van der Waals surface area contributed by atoms with E-state index in [1.807, 2.05) is 37.3 Å². The SMILES string of the molecule is Cc1n[nH]c2nccc(-c3ccc(NC(=O)NCCN4CCOCC4)cc3)c12. The monoisotopic (exact) mass is 380 g/mol. The Morgan fingerprint density at radius 3 is 2.79 bits per heavy atom. The smallest absolute Gasteiger partial charge is 0.319 e. The standard InChI is InChI=1S/C20H24N6O2/c1-14-18-17(6-7-21-19(18)25-24-14)15-2-4-16(5-3-15)23-20(27)22-8-9-26-10-12-28-13-11-26/h2-7H,8-13H2,1H3,(H,21,24,25)(H2,22,23,27). The number of aryl methyl sites for hydroxylation is 1. The van der Waals surface area contributed by atoms with Crippen LogP contribution in [-0.2, 0) is 4.74 Å². The average Bonchev–Trinajstić information content (AvgIpc) is 3.11. The molecule has 1 fully saturated rings. The quantitative estimate of drug-likeness (QED) is 0.632. The number of pyridine rings is 1. The molecule has 2 amide bonds. The van der Waals surface area contributed by atoms with E-state index in [2.05, 4.69) is 30.7 Å². The summed E-state index contributed by atoms with van der Waals surface area (Å²) in [6.07, 6.45) is 1.77. The summed E-state index contributed by atoms with van der Waals surface area (Å²) in [5, 5.41) is 14.0. The Bertz CT molecular complexity index is 947. The Morgan fingerprint density at radius 2 is 2.00 bits per heavy atom. The molecule has 0 radical (unpaired) electrons. The molecule has 0 atom stereocenters. The molecule has 1 aromatic carbocycles. The van der Waals surface area contributed by atoms with Crippen LogP contribution in [0.1, 0.15) is 5.69 Å². The molecule has 0 bridgehead atoms. The van der Waals surface area contributed by atoms with Gasteiger partial charge in [-0.25, -0.2) is 9.78 Å². The number of ether oxygens (including phenoxy) is 1. The number of hydrogen-bond acceptors (Lipinski definition) is 5. The van der Waals surface area contributed by atoms with E-state index < -0.39 is 0 Å². The number of rotatable bonds is 5. The number of aromatic nitrogens is 3. The lowest BCUT2D eigenvalue weighted by Gasteiger charge is -2.26. The fourth-order valence-electron chi connectivity index (χ4n) is 3.41. The Hall–Kier alpha value is -2.97. The molecule has 8 heteroatoms. The van der Waals surface area contributed by atoms with Crippen molar-refractivity contribution in [2.45, 2.75) is 6.92 Å². The summed E-state index contributed by atoms with van der Waals surface area (Å²) in [6.45, 7) is 6.77. The highest BCUT2D eigenvalue weighted by molar-refractivity contribution is 5.95. The van der Waals surface area contributed by atoms with Crippen LogP contribution in [0, 0.1) is 6.92 Å². The van der Waals surface area contributed by atoms with Crippen molar-refractivity contribution in [3.8, 4) is 11.1 Å². The number of nitrogens with zero attached hydrogens (tertiary/aromatic N) is 3. The maximum atomic E-state index is 12.1. The molecular formula is C20H24N6O2. The third-order valence-corrected chi connectivity index (χ3v) is 4.91. The van der Waals surface area contributed by atoms with Crippen LogP contribution < -0.4 is 10.6 Å². The molecular weight excluding hydrogens is 356 g/mol. The maximum absolute atomic E-state index is 12.1. The van der Waals surface area contributed by atoms with E-state index in [1.54, 1.807) is 6.20 Å². The first kappa shape index (κ1) is 18.4. The number of carbonyl (C=O) groups is 1. The van der Waals surface area contributed by atoms with Crippen molar-refractivity contribution < 1.29 is 9.53 Å². The van der Waals surface area contributed by atoms with E-state index in [1.165, 1.54) is 0 Å². The van der Waals surface area contributed by atoms with Crippen LogP contribution >= 0.6 is 0 Å². The van der Waals surface area contributed by atoms with E-state index in [0.717, 1.165) is 66.4 Å². The van der Waals surface area contributed by atoms with Gasteiger partial charge in [-0.2, -0.15) is 5.10 Å². The van der Waals surface area contributed by atoms with Crippen LogP contribution in [0.5, 0.6) is 0 Å². The number of H-pyrrole nitrogens is 1. The third kappa shape index (κ3) is 4.13. The Morgan fingerprint density at radius 1 is 1.21 bits per heavy atom. The van der Waals surface area contributed by atoms with Gasteiger partial charge in [0.05, 0.1) is 18.9 Å². The summed E-state index contributed by atoms with van der Waals surface area (Å²) in [5.41, 5.74) is 4.56. The second-order valence-electron chi connectivity index (χ2n) is 6.80. The lowest BCUT2D eigenvalue weighted by molar-refractivity contribution is 0.0388. The summed E-state index contributed by atoms with van der Waals surface area (Å²) < 4.78 is 5.32. The fraction of sp³-hybridized carbons (Fsp3) is 0.350. The molecule has 8 nitrogen and oxygen atoms in total. The van der Waals surface area contributed by atoms with Crippen molar-refractivity contribution in [3.05, 3.63) is 42.2 Å². The molecule has 3 heterocycles. The largest absolute Gasteiger partial charge is 0.379 e. The van der Waals surface area contributed by atoms with Crippen molar-refractivity contribution >= 4 is 22.8 Å². The molecule has 146 valence electrons. The molecule has 1 aliphatic heterocycles. The van der Waals surface area contributed by atoms with Crippen LogP contribution in [0.4, 0.5) is 10.5 Å². The van der Waals surface area contributed by atoms with Crippen LogP contribution in [0.2, 0.25) is 0 Å². The van der Waals surface area contributed by atoms with Gasteiger partial charge in [-0.3, -0.25) is 10.00 Å². The van der Waals surface area contributed by atoms with Crippen LogP contribution in [0.25, 0.3) is 22.2 Å². The molecule has 0 unspecified atom stereocenters. The van der Waals surface area contributed by atoms with E-state index in [4.69, 9.17) is 4.74 Å². The molecule has 0 aliphatic carbocycles. The van der Waals surface area contributed by atoms with Crippen LogP contribution in [-0.4, -0.2) is 65.5 Å². The van der Waals surface area contributed by atoms with Gasteiger partial charge in [0.1, 0.15) is 0 Å². The maximum Gasteiger partial charge on any atom is 0.319 e. The number of carbonyl (C=O) groups excluding carboxylic acids is 1. The van der Waals surface area contributed by atoms with E-state index in [-0.39, 0.29) is 6.03 Å². The molecule has 0 spiro atoms. The second kappa shape index (κ2) is 8.37. The summed E-state index contributed by atoms with van der Waals surface area (Å²) in [5.74, 6) is 0.